The first-order valence-corrected chi connectivity index (χ1v) is 5.80. The summed E-state index contributed by atoms with van der Waals surface area (Å²) in [6.07, 6.45) is 0.580. The molecule has 2 atom stereocenters. The van der Waals surface area contributed by atoms with E-state index < -0.39 is 0 Å². The summed E-state index contributed by atoms with van der Waals surface area (Å²) in [5, 5.41) is 3.70. The molecule has 0 radical (unpaired) electrons. The zero-order chi connectivity index (χ0) is 12.3. The van der Waals surface area contributed by atoms with E-state index in [1.54, 1.807) is 12.1 Å². The molecule has 0 saturated carbocycles. The number of hydrogen-bond donors (Lipinski definition) is 1. The Kier molecular flexibility index (Phi) is 5.72. The van der Waals surface area contributed by atoms with Gasteiger partial charge in [0.25, 0.3) is 0 Å². The van der Waals surface area contributed by atoms with Crippen LogP contribution in [0.3, 0.4) is 0 Å². The predicted molar refractivity (Wildman–Crippen MR) is 71.5 cm³/mol. The Morgan fingerprint density at radius 2 is 2.28 bits per heavy atom. The summed E-state index contributed by atoms with van der Waals surface area (Å²) in [4.78, 5) is 11.3. The highest BCUT2D eigenvalue weighted by atomic mass is 35.5. The van der Waals surface area contributed by atoms with E-state index in [0.29, 0.717) is 18.0 Å². The van der Waals surface area contributed by atoms with Gasteiger partial charge in [-0.1, -0.05) is 17.7 Å². The van der Waals surface area contributed by atoms with Crippen molar-refractivity contribution in [2.75, 3.05) is 13.7 Å². The van der Waals surface area contributed by atoms with Gasteiger partial charge >= 0.3 is 5.97 Å². The zero-order valence-electron chi connectivity index (χ0n) is 9.89. The van der Waals surface area contributed by atoms with Crippen molar-refractivity contribution in [2.24, 2.45) is 0 Å². The predicted octanol–water partition coefficient (Wildman–Crippen LogP) is 2.04. The molecule has 1 fully saturated rings. The van der Waals surface area contributed by atoms with Crippen LogP contribution in [-0.2, 0) is 9.53 Å². The summed E-state index contributed by atoms with van der Waals surface area (Å²) in [5.41, 5.74) is 0. The smallest absolute Gasteiger partial charge is 0.323 e. The standard InChI is InChI=1S/C12H14ClNO3.ClH/c1-16-12(15)11-6-10(7-14-11)17-9-4-2-3-8(13)5-9;/h2-5,10-11,14H,6-7H2,1H3;1H/t10-,11-;/m1./s1. The molecule has 1 aromatic rings. The van der Waals surface area contributed by atoms with Gasteiger partial charge in [-0.3, -0.25) is 4.79 Å². The van der Waals surface area contributed by atoms with Gasteiger partial charge in [-0.05, 0) is 18.2 Å². The number of ether oxygens (including phenoxy) is 2. The van der Waals surface area contributed by atoms with Crippen molar-refractivity contribution in [3.05, 3.63) is 29.3 Å². The highest BCUT2D eigenvalue weighted by molar-refractivity contribution is 6.30. The molecule has 1 heterocycles. The zero-order valence-corrected chi connectivity index (χ0v) is 11.5. The van der Waals surface area contributed by atoms with Gasteiger partial charge < -0.3 is 14.8 Å². The van der Waals surface area contributed by atoms with Crippen molar-refractivity contribution in [1.29, 1.82) is 0 Å². The first-order valence-electron chi connectivity index (χ1n) is 5.42. The largest absolute Gasteiger partial charge is 0.489 e. The fraction of sp³-hybridized carbons (Fsp3) is 0.417. The minimum atomic E-state index is -0.274. The van der Waals surface area contributed by atoms with Crippen LogP contribution in [0.5, 0.6) is 5.75 Å². The average molecular weight is 292 g/mol. The minimum absolute atomic E-state index is 0. The van der Waals surface area contributed by atoms with Crippen LogP contribution in [-0.4, -0.2) is 31.8 Å². The van der Waals surface area contributed by atoms with Gasteiger partial charge in [-0.25, -0.2) is 0 Å². The Morgan fingerprint density at radius 3 is 2.94 bits per heavy atom. The molecule has 2 rings (SSSR count). The molecule has 1 saturated heterocycles. The highest BCUT2D eigenvalue weighted by Gasteiger charge is 2.31. The molecule has 1 aliphatic heterocycles. The Balaban J connectivity index is 0.00000162. The summed E-state index contributed by atoms with van der Waals surface area (Å²) >= 11 is 5.86. The van der Waals surface area contributed by atoms with Crippen LogP contribution in [0.1, 0.15) is 6.42 Å². The number of carbonyl (C=O) groups is 1. The molecule has 0 spiro atoms. The third-order valence-electron chi connectivity index (χ3n) is 2.68. The second-order valence-electron chi connectivity index (χ2n) is 3.92. The van der Waals surface area contributed by atoms with Gasteiger partial charge in [0.2, 0.25) is 0 Å². The van der Waals surface area contributed by atoms with Crippen LogP contribution in [0.2, 0.25) is 5.02 Å². The summed E-state index contributed by atoms with van der Waals surface area (Å²) in [6.45, 7) is 0.631. The van der Waals surface area contributed by atoms with E-state index in [4.69, 9.17) is 16.3 Å². The maximum atomic E-state index is 11.3. The quantitative estimate of drug-likeness (QED) is 0.866. The second kappa shape index (κ2) is 6.83. The number of esters is 1. The van der Waals surface area contributed by atoms with Crippen LogP contribution in [0.15, 0.2) is 24.3 Å². The van der Waals surface area contributed by atoms with Crippen molar-refractivity contribution in [1.82, 2.24) is 5.32 Å². The molecule has 0 bridgehead atoms. The molecular formula is C12H15Cl2NO3. The van der Waals surface area contributed by atoms with Crippen molar-refractivity contribution in [2.45, 2.75) is 18.6 Å². The van der Waals surface area contributed by atoms with E-state index >= 15 is 0 Å². The third-order valence-corrected chi connectivity index (χ3v) is 2.91. The van der Waals surface area contributed by atoms with Gasteiger partial charge in [-0.15, -0.1) is 12.4 Å². The lowest BCUT2D eigenvalue weighted by Gasteiger charge is -2.12. The SMILES string of the molecule is COC(=O)[C@H]1C[C@@H](Oc2cccc(Cl)c2)CN1.Cl. The molecule has 18 heavy (non-hydrogen) atoms. The molecule has 1 aromatic carbocycles. The summed E-state index contributed by atoms with van der Waals surface area (Å²) in [7, 11) is 1.38. The minimum Gasteiger partial charge on any atom is -0.489 e. The van der Waals surface area contributed by atoms with Crippen LogP contribution >= 0.6 is 24.0 Å². The van der Waals surface area contributed by atoms with E-state index in [1.165, 1.54) is 7.11 Å². The fourth-order valence-electron chi connectivity index (χ4n) is 1.85. The fourth-order valence-corrected chi connectivity index (χ4v) is 2.03. The normalized spacial score (nSPS) is 22.1. The molecule has 0 unspecified atom stereocenters. The number of carbonyl (C=O) groups excluding carboxylic acids is 1. The molecular weight excluding hydrogens is 277 g/mol. The van der Waals surface area contributed by atoms with Crippen molar-refractivity contribution in [3.63, 3.8) is 0 Å². The maximum absolute atomic E-state index is 11.3. The van der Waals surface area contributed by atoms with Gasteiger partial charge in [-0.2, -0.15) is 0 Å². The van der Waals surface area contributed by atoms with E-state index in [2.05, 4.69) is 10.1 Å². The second-order valence-corrected chi connectivity index (χ2v) is 4.35. The topological polar surface area (TPSA) is 47.6 Å². The summed E-state index contributed by atoms with van der Waals surface area (Å²) in [6, 6.07) is 6.95. The number of halogens is 2. The molecule has 0 aliphatic carbocycles. The molecule has 6 heteroatoms. The van der Waals surface area contributed by atoms with Gasteiger partial charge in [0.15, 0.2) is 0 Å². The van der Waals surface area contributed by atoms with Crippen LogP contribution in [0.4, 0.5) is 0 Å². The highest BCUT2D eigenvalue weighted by Crippen LogP contribution is 2.21. The summed E-state index contributed by atoms with van der Waals surface area (Å²) < 4.78 is 10.4. The number of methoxy groups -OCH3 is 1. The Labute approximate surface area is 117 Å². The maximum Gasteiger partial charge on any atom is 0.323 e. The number of nitrogens with one attached hydrogen (secondary N) is 1. The Hall–Kier alpha value is -0.970. The first-order chi connectivity index (χ1) is 8.19. The lowest BCUT2D eigenvalue weighted by atomic mass is 10.2. The lowest BCUT2D eigenvalue weighted by Crippen LogP contribution is -2.31. The van der Waals surface area contributed by atoms with Crippen LogP contribution in [0.25, 0.3) is 0 Å². The monoisotopic (exact) mass is 291 g/mol. The van der Waals surface area contributed by atoms with Gasteiger partial charge in [0.05, 0.1) is 7.11 Å². The van der Waals surface area contributed by atoms with Crippen molar-refractivity contribution in [3.8, 4) is 5.75 Å². The van der Waals surface area contributed by atoms with Gasteiger partial charge in [0, 0.05) is 18.0 Å². The number of rotatable bonds is 3. The van der Waals surface area contributed by atoms with Crippen molar-refractivity contribution < 1.29 is 14.3 Å². The molecule has 0 amide bonds. The Bertz CT molecular complexity index is 414. The van der Waals surface area contributed by atoms with E-state index in [9.17, 15) is 4.79 Å². The number of benzene rings is 1. The third kappa shape index (κ3) is 3.77. The molecule has 4 nitrogen and oxygen atoms in total. The van der Waals surface area contributed by atoms with Crippen LogP contribution in [0, 0.1) is 0 Å². The first kappa shape index (κ1) is 15.1. The Morgan fingerprint density at radius 1 is 1.50 bits per heavy atom. The molecule has 1 N–H and O–H groups in total. The summed E-state index contributed by atoms with van der Waals surface area (Å²) in [5.74, 6) is 0.469. The number of hydrogen-bond acceptors (Lipinski definition) is 4. The lowest BCUT2D eigenvalue weighted by molar-refractivity contribution is -0.142. The molecule has 100 valence electrons. The van der Waals surface area contributed by atoms with E-state index in [1.807, 2.05) is 12.1 Å². The van der Waals surface area contributed by atoms with Crippen molar-refractivity contribution >= 4 is 30.0 Å². The van der Waals surface area contributed by atoms with E-state index in [-0.39, 0.29) is 30.5 Å². The van der Waals surface area contributed by atoms with E-state index in [0.717, 1.165) is 5.75 Å². The van der Waals surface area contributed by atoms with Crippen LogP contribution < -0.4 is 10.1 Å². The average Bonchev–Trinajstić information content (AvgIpc) is 2.76. The molecule has 0 aromatic heterocycles. The van der Waals surface area contributed by atoms with Gasteiger partial charge in [0.1, 0.15) is 17.9 Å². The molecule has 1 aliphatic rings.